The van der Waals surface area contributed by atoms with Gasteiger partial charge in [-0.05, 0) is 30.3 Å². The maximum absolute atomic E-state index is 5.98. The van der Waals surface area contributed by atoms with Gasteiger partial charge in [0.25, 0.3) is 0 Å². The largest absolute Gasteiger partial charge is 0.398 e. The lowest BCUT2D eigenvalue weighted by molar-refractivity contribution is 1.06. The number of hydrogen-bond acceptors (Lipinski definition) is 3. The van der Waals surface area contributed by atoms with Crippen LogP contribution in [0.1, 0.15) is 0 Å². The van der Waals surface area contributed by atoms with Gasteiger partial charge in [-0.3, -0.25) is 9.55 Å². The summed E-state index contributed by atoms with van der Waals surface area (Å²) >= 11 is 5.90. The number of hydrogen-bond donors (Lipinski definition) is 1. The van der Waals surface area contributed by atoms with E-state index in [0.29, 0.717) is 10.7 Å². The monoisotopic (exact) mass is 270 g/mol. The zero-order valence-electron chi connectivity index (χ0n) is 9.99. The van der Waals surface area contributed by atoms with Gasteiger partial charge in [-0.2, -0.15) is 0 Å². The lowest BCUT2D eigenvalue weighted by Crippen LogP contribution is -1.98. The molecule has 3 aromatic rings. The minimum atomic E-state index is 0.672. The van der Waals surface area contributed by atoms with Crippen molar-refractivity contribution in [2.45, 2.75) is 0 Å². The summed E-state index contributed by atoms with van der Waals surface area (Å²) in [6, 6.07) is 9.31. The molecule has 2 N–H and O–H groups in total. The van der Waals surface area contributed by atoms with E-state index in [0.717, 1.165) is 16.9 Å². The number of nitrogens with zero attached hydrogens (tertiary/aromatic N) is 3. The molecule has 0 saturated heterocycles. The SMILES string of the molecule is Nc1ccncc1-c1cncn1-c1ccc(Cl)cc1. The third-order valence-electron chi connectivity index (χ3n) is 2.87. The summed E-state index contributed by atoms with van der Waals surface area (Å²) in [6.07, 6.45) is 6.91. The zero-order chi connectivity index (χ0) is 13.2. The third kappa shape index (κ3) is 2.18. The minimum absolute atomic E-state index is 0.672. The molecule has 0 atom stereocenters. The number of pyridine rings is 1. The molecule has 0 unspecified atom stereocenters. The van der Waals surface area contributed by atoms with Crippen molar-refractivity contribution in [1.82, 2.24) is 14.5 Å². The highest BCUT2D eigenvalue weighted by molar-refractivity contribution is 6.30. The Morgan fingerprint density at radius 2 is 1.79 bits per heavy atom. The second-order valence-electron chi connectivity index (χ2n) is 4.09. The van der Waals surface area contributed by atoms with E-state index in [1.54, 1.807) is 31.0 Å². The Labute approximate surface area is 115 Å². The average molecular weight is 271 g/mol. The van der Waals surface area contributed by atoms with Crippen molar-refractivity contribution in [1.29, 1.82) is 0 Å². The van der Waals surface area contributed by atoms with Crippen LogP contribution in [0.4, 0.5) is 5.69 Å². The molecule has 2 aromatic heterocycles. The number of imidazole rings is 1. The summed E-state index contributed by atoms with van der Waals surface area (Å²) in [7, 11) is 0. The highest BCUT2D eigenvalue weighted by Crippen LogP contribution is 2.27. The van der Waals surface area contributed by atoms with E-state index in [-0.39, 0.29) is 0 Å². The van der Waals surface area contributed by atoms with Crippen LogP contribution in [0.25, 0.3) is 16.9 Å². The van der Waals surface area contributed by atoms with Crippen LogP contribution in [0.5, 0.6) is 0 Å². The van der Waals surface area contributed by atoms with E-state index in [4.69, 9.17) is 17.3 Å². The lowest BCUT2D eigenvalue weighted by Gasteiger charge is -2.09. The number of halogens is 1. The van der Waals surface area contributed by atoms with Gasteiger partial charge in [0.1, 0.15) is 0 Å². The normalized spacial score (nSPS) is 10.6. The summed E-state index contributed by atoms with van der Waals surface area (Å²) in [6.45, 7) is 0. The molecule has 94 valence electrons. The van der Waals surface area contributed by atoms with Crippen LogP contribution in [0.2, 0.25) is 5.02 Å². The summed E-state index contributed by atoms with van der Waals surface area (Å²) in [5.41, 5.74) is 9.38. The van der Waals surface area contributed by atoms with Crippen LogP contribution in [0, 0.1) is 0 Å². The van der Waals surface area contributed by atoms with Gasteiger partial charge >= 0.3 is 0 Å². The zero-order valence-corrected chi connectivity index (χ0v) is 10.7. The molecular weight excluding hydrogens is 260 g/mol. The standard InChI is InChI=1S/C14H11ClN4/c15-10-1-3-11(4-2-10)19-9-18-8-14(19)12-7-17-6-5-13(12)16/h1-9H,(H2,16,17). The fourth-order valence-electron chi connectivity index (χ4n) is 1.92. The molecule has 0 spiro atoms. The van der Waals surface area contributed by atoms with E-state index in [2.05, 4.69) is 9.97 Å². The van der Waals surface area contributed by atoms with Crippen LogP contribution in [0.15, 0.2) is 55.2 Å². The fourth-order valence-corrected chi connectivity index (χ4v) is 2.05. The summed E-state index contributed by atoms with van der Waals surface area (Å²) in [5.74, 6) is 0. The molecule has 5 heteroatoms. The molecule has 0 radical (unpaired) electrons. The van der Waals surface area contributed by atoms with Gasteiger partial charge in [0.2, 0.25) is 0 Å². The first-order chi connectivity index (χ1) is 9.25. The van der Waals surface area contributed by atoms with Gasteiger partial charge < -0.3 is 5.73 Å². The van der Waals surface area contributed by atoms with Crippen molar-refractivity contribution in [3.63, 3.8) is 0 Å². The second-order valence-corrected chi connectivity index (χ2v) is 4.52. The van der Waals surface area contributed by atoms with E-state index in [9.17, 15) is 0 Å². The van der Waals surface area contributed by atoms with Crippen LogP contribution in [-0.4, -0.2) is 14.5 Å². The topological polar surface area (TPSA) is 56.7 Å². The Kier molecular flexibility index (Phi) is 2.93. The predicted molar refractivity (Wildman–Crippen MR) is 76.2 cm³/mol. The summed E-state index contributed by atoms with van der Waals surface area (Å²) < 4.78 is 1.95. The number of nitrogens with two attached hydrogens (primary N) is 1. The van der Waals surface area contributed by atoms with Gasteiger partial charge in [-0.25, -0.2) is 4.98 Å². The molecule has 1 aromatic carbocycles. The Hall–Kier alpha value is -2.33. The van der Waals surface area contributed by atoms with E-state index < -0.39 is 0 Å². The number of anilines is 1. The lowest BCUT2D eigenvalue weighted by atomic mass is 10.2. The molecule has 4 nitrogen and oxygen atoms in total. The number of rotatable bonds is 2. The van der Waals surface area contributed by atoms with E-state index >= 15 is 0 Å². The van der Waals surface area contributed by atoms with Crippen LogP contribution in [0.3, 0.4) is 0 Å². The van der Waals surface area contributed by atoms with Crippen molar-refractivity contribution >= 4 is 17.3 Å². The van der Waals surface area contributed by atoms with Gasteiger partial charge in [0.05, 0.1) is 18.2 Å². The summed E-state index contributed by atoms with van der Waals surface area (Å²) in [4.78, 5) is 8.29. The third-order valence-corrected chi connectivity index (χ3v) is 3.13. The summed E-state index contributed by atoms with van der Waals surface area (Å²) in [5, 5.41) is 0.700. The first-order valence-electron chi connectivity index (χ1n) is 5.74. The molecule has 0 bridgehead atoms. The van der Waals surface area contributed by atoms with E-state index in [1.165, 1.54) is 0 Å². The smallest absolute Gasteiger partial charge is 0.0997 e. The highest BCUT2D eigenvalue weighted by Gasteiger charge is 2.09. The second kappa shape index (κ2) is 4.74. The average Bonchev–Trinajstić information content (AvgIpc) is 2.89. The minimum Gasteiger partial charge on any atom is -0.398 e. The Balaban J connectivity index is 2.13. The molecule has 3 rings (SSSR count). The predicted octanol–water partition coefficient (Wildman–Crippen LogP) is 3.17. The van der Waals surface area contributed by atoms with Crippen molar-refractivity contribution in [2.75, 3.05) is 5.73 Å². The van der Waals surface area contributed by atoms with Gasteiger partial charge in [-0.1, -0.05) is 11.6 Å². The van der Waals surface area contributed by atoms with Crippen molar-refractivity contribution < 1.29 is 0 Å². The molecule has 0 fully saturated rings. The number of benzene rings is 1. The highest BCUT2D eigenvalue weighted by atomic mass is 35.5. The maximum Gasteiger partial charge on any atom is 0.0997 e. The van der Waals surface area contributed by atoms with Crippen LogP contribution in [-0.2, 0) is 0 Å². The van der Waals surface area contributed by atoms with E-state index in [1.807, 2.05) is 28.8 Å². The van der Waals surface area contributed by atoms with Crippen molar-refractivity contribution in [3.8, 4) is 16.9 Å². The quantitative estimate of drug-likeness (QED) is 0.778. The molecule has 0 aliphatic rings. The molecule has 0 amide bonds. The molecule has 0 saturated carbocycles. The maximum atomic E-state index is 5.98. The Bertz CT molecular complexity index is 703. The van der Waals surface area contributed by atoms with Crippen LogP contribution >= 0.6 is 11.6 Å². The van der Waals surface area contributed by atoms with Crippen molar-refractivity contribution in [3.05, 3.63) is 60.3 Å². The fraction of sp³-hybridized carbons (Fsp3) is 0. The Morgan fingerprint density at radius 3 is 2.53 bits per heavy atom. The number of nitrogen functional groups attached to an aromatic ring is 1. The molecule has 19 heavy (non-hydrogen) atoms. The van der Waals surface area contributed by atoms with Gasteiger partial charge in [0, 0.05) is 34.4 Å². The van der Waals surface area contributed by atoms with Gasteiger partial charge in [0.15, 0.2) is 0 Å². The molecule has 0 aliphatic heterocycles. The first kappa shape index (κ1) is 11.7. The number of aromatic nitrogens is 3. The molecule has 0 aliphatic carbocycles. The van der Waals surface area contributed by atoms with Crippen molar-refractivity contribution in [2.24, 2.45) is 0 Å². The van der Waals surface area contributed by atoms with Gasteiger partial charge in [-0.15, -0.1) is 0 Å². The molecular formula is C14H11ClN4. The van der Waals surface area contributed by atoms with Crippen LogP contribution < -0.4 is 5.73 Å². The molecule has 2 heterocycles. The Morgan fingerprint density at radius 1 is 1.00 bits per heavy atom. The first-order valence-corrected chi connectivity index (χ1v) is 6.11.